The molecule has 1 aromatic carbocycles. The van der Waals surface area contributed by atoms with Gasteiger partial charge in [-0.15, -0.1) is 13.2 Å². The number of nitrogens with one attached hydrogen (secondary N) is 1. The maximum absolute atomic E-state index is 12.2. The second-order valence-electron chi connectivity index (χ2n) is 6.05. The van der Waals surface area contributed by atoms with E-state index in [-0.39, 0.29) is 17.2 Å². The number of hydrogen-bond donors (Lipinski definition) is 1. The number of benzene rings is 1. The molecule has 1 aliphatic rings. The molecule has 1 amide bonds. The van der Waals surface area contributed by atoms with Crippen LogP contribution in [0, 0.1) is 0 Å². The topological polar surface area (TPSA) is 51.2 Å². The molecule has 3 rings (SSSR count). The van der Waals surface area contributed by atoms with Gasteiger partial charge in [-0.25, -0.2) is 0 Å². The van der Waals surface area contributed by atoms with E-state index in [9.17, 15) is 18.0 Å². The SMILES string of the molecule is CC1(NC(=O)c2cncc(-c3ccc(OC(F)(F)F)cc3)c2)CC1. The molecule has 0 unspecified atom stereocenters. The van der Waals surface area contributed by atoms with E-state index in [1.165, 1.54) is 30.5 Å². The molecule has 7 heteroatoms. The van der Waals surface area contributed by atoms with Crippen LogP contribution in [0.25, 0.3) is 11.1 Å². The summed E-state index contributed by atoms with van der Waals surface area (Å²) in [5, 5.41) is 2.94. The summed E-state index contributed by atoms with van der Waals surface area (Å²) in [6.45, 7) is 1.97. The number of rotatable bonds is 4. The number of carbonyl (C=O) groups is 1. The lowest BCUT2D eigenvalue weighted by atomic mass is 10.1. The van der Waals surface area contributed by atoms with Crippen molar-refractivity contribution in [3.8, 4) is 16.9 Å². The highest BCUT2D eigenvalue weighted by Crippen LogP contribution is 2.34. The minimum atomic E-state index is -4.72. The monoisotopic (exact) mass is 336 g/mol. The van der Waals surface area contributed by atoms with Crippen LogP contribution < -0.4 is 10.1 Å². The van der Waals surface area contributed by atoms with Crippen LogP contribution >= 0.6 is 0 Å². The predicted octanol–water partition coefficient (Wildman–Crippen LogP) is 3.93. The van der Waals surface area contributed by atoms with Crippen LogP contribution in [0.1, 0.15) is 30.1 Å². The van der Waals surface area contributed by atoms with E-state index >= 15 is 0 Å². The maximum Gasteiger partial charge on any atom is 0.573 e. The molecule has 0 aliphatic heterocycles. The van der Waals surface area contributed by atoms with Gasteiger partial charge in [0.2, 0.25) is 0 Å². The molecule has 1 saturated carbocycles. The Morgan fingerprint density at radius 3 is 2.42 bits per heavy atom. The molecule has 1 N–H and O–H groups in total. The fourth-order valence-electron chi connectivity index (χ4n) is 2.23. The molecule has 0 radical (unpaired) electrons. The number of carbonyl (C=O) groups excluding carboxylic acids is 1. The lowest BCUT2D eigenvalue weighted by molar-refractivity contribution is -0.274. The molecule has 126 valence electrons. The molecule has 1 fully saturated rings. The number of halogens is 3. The van der Waals surface area contributed by atoms with Crippen molar-refractivity contribution in [2.45, 2.75) is 31.7 Å². The molecule has 0 spiro atoms. The van der Waals surface area contributed by atoms with Crippen molar-refractivity contribution in [2.75, 3.05) is 0 Å². The summed E-state index contributed by atoms with van der Waals surface area (Å²) in [5.41, 5.74) is 1.56. The minimum absolute atomic E-state index is 0.135. The number of pyridine rings is 1. The van der Waals surface area contributed by atoms with E-state index in [4.69, 9.17) is 0 Å². The highest BCUT2D eigenvalue weighted by Gasteiger charge is 2.38. The molecule has 1 aromatic heterocycles. The Bertz CT molecular complexity index is 753. The van der Waals surface area contributed by atoms with Gasteiger partial charge in [-0.1, -0.05) is 12.1 Å². The van der Waals surface area contributed by atoms with Crippen LogP contribution in [0.5, 0.6) is 5.75 Å². The van der Waals surface area contributed by atoms with Gasteiger partial charge in [0.05, 0.1) is 5.56 Å². The van der Waals surface area contributed by atoms with E-state index in [2.05, 4.69) is 15.0 Å². The van der Waals surface area contributed by atoms with Crippen molar-refractivity contribution in [1.29, 1.82) is 0 Å². The number of hydrogen-bond acceptors (Lipinski definition) is 3. The van der Waals surface area contributed by atoms with Crippen molar-refractivity contribution in [1.82, 2.24) is 10.3 Å². The Kier molecular flexibility index (Phi) is 3.95. The van der Waals surface area contributed by atoms with E-state index in [1.807, 2.05) is 6.92 Å². The van der Waals surface area contributed by atoms with Gasteiger partial charge < -0.3 is 10.1 Å². The van der Waals surface area contributed by atoms with Crippen LogP contribution in [0.4, 0.5) is 13.2 Å². The van der Waals surface area contributed by atoms with Gasteiger partial charge in [-0.05, 0) is 43.5 Å². The predicted molar refractivity (Wildman–Crippen MR) is 81.5 cm³/mol. The van der Waals surface area contributed by atoms with Crippen LogP contribution in [0.3, 0.4) is 0 Å². The fraction of sp³-hybridized carbons (Fsp3) is 0.294. The first kappa shape index (κ1) is 16.3. The van der Waals surface area contributed by atoms with Crippen molar-refractivity contribution in [2.24, 2.45) is 0 Å². The maximum atomic E-state index is 12.2. The van der Waals surface area contributed by atoms with Gasteiger partial charge in [0, 0.05) is 23.5 Å². The Balaban J connectivity index is 1.77. The Morgan fingerprint density at radius 2 is 1.83 bits per heavy atom. The number of amides is 1. The first-order valence-corrected chi connectivity index (χ1v) is 7.38. The molecule has 24 heavy (non-hydrogen) atoms. The average molecular weight is 336 g/mol. The number of nitrogens with zero attached hydrogens (tertiary/aromatic N) is 1. The summed E-state index contributed by atoms with van der Waals surface area (Å²) in [5.74, 6) is -0.504. The molecule has 4 nitrogen and oxygen atoms in total. The van der Waals surface area contributed by atoms with Gasteiger partial charge in [0.1, 0.15) is 5.75 Å². The van der Waals surface area contributed by atoms with Crippen molar-refractivity contribution < 1.29 is 22.7 Å². The first-order valence-electron chi connectivity index (χ1n) is 7.38. The molecular weight excluding hydrogens is 321 g/mol. The molecule has 0 bridgehead atoms. The van der Waals surface area contributed by atoms with Gasteiger partial charge >= 0.3 is 6.36 Å². The zero-order chi connectivity index (χ0) is 17.4. The van der Waals surface area contributed by atoms with Crippen LogP contribution in [-0.4, -0.2) is 22.8 Å². The summed E-state index contributed by atoms with van der Waals surface area (Å²) in [6, 6.07) is 7.08. The normalized spacial score (nSPS) is 15.7. The highest BCUT2D eigenvalue weighted by molar-refractivity contribution is 5.95. The lowest BCUT2D eigenvalue weighted by Gasteiger charge is -2.12. The van der Waals surface area contributed by atoms with Gasteiger partial charge in [-0.3, -0.25) is 9.78 Å². The lowest BCUT2D eigenvalue weighted by Crippen LogP contribution is -2.34. The standard InChI is InChI=1S/C17H15F3N2O2/c1-16(6-7-16)22-15(23)13-8-12(9-21-10-13)11-2-4-14(5-3-11)24-17(18,19)20/h2-5,8-10H,6-7H2,1H3,(H,22,23). The van der Waals surface area contributed by atoms with Gasteiger partial charge in [-0.2, -0.15) is 0 Å². The van der Waals surface area contributed by atoms with E-state index in [0.717, 1.165) is 12.8 Å². The van der Waals surface area contributed by atoms with E-state index in [0.29, 0.717) is 16.7 Å². The van der Waals surface area contributed by atoms with Crippen LogP contribution in [0.2, 0.25) is 0 Å². The third-order valence-corrected chi connectivity index (χ3v) is 3.84. The van der Waals surface area contributed by atoms with Crippen LogP contribution in [-0.2, 0) is 0 Å². The third-order valence-electron chi connectivity index (χ3n) is 3.84. The summed E-state index contributed by atoms with van der Waals surface area (Å²) in [7, 11) is 0. The number of ether oxygens (including phenoxy) is 1. The zero-order valence-electron chi connectivity index (χ0n) is 12.9. The summed E-state index contributed by atoms with van der Waals surface area (Å²) < 4.78 is 40.3. The Labute approximate surface area is 136 Å². The zero-order valence-corrected chi connectivity index (χ0v) is 12.9. The third kappa shape index (κ3) is 4.04. The highest BCUT2D eigenvalue weighted by atomic mass is 19.4. The van der Waals surface area contributed by atoms with E-state index < -0.39 is 6.36 Å². The fourth-order valence-corrected chi connectivity index (χ4v) is 2.23. The minimum Gasteiger partial charge on any atom is -0.406 e. The van der Waals surface area contributed by atoms with Crippen molar-refractivity contribution in [3.05, 3.63) is 48.3 Å². The smallest absolute Gasteiger partial charge is 0.406 e. The number of alkyl halides is 3. The molecular formula is C17H15F3N2O2. The largest absolute Gasteiger partial charge is 0.573 e. The van der Waals surface area contributed by atoms with Gasteiger partial charge in [0.15, 0.2) is 0 Å². The molecule has 1 aliphatic carbocycles. The van der Waals surface area contributed by atoms with Crippen molar-refractivity contribution in [3.63, 3.8) is 0 Å². The molecule has 1 heterocycles. The molecule has 2 aromatic rings. The first-order chi connectivity index (χ1) is 11.2. The second-order valence-corrected chi connectivity index (χ2v) is 6.05. The quantitative estimate of drug-likeness (QED) is 0.920. The summed E-state index contributed by atoms with van der Waals surface area (Å²) in [4.78, 5) is 16.2. The van der Waals surface area contributed by atoms with Gasteiger partial charge in [0.25, 0.3) is 5.91 Å². The molecule has 0 saturated heterocycles. The van der Waals surface area contributed by atoms with Crippen LogP contribution in [0.15, 0.2) is 42.7 Å². The Hall–Kier alpha value is -2.57. The second kappa shape index (κ2) is 5.81. The van der Waals surface area contributed by atoms with E-state index in [1.54, 1.807) is 12.3 Å². The summed E-state index contributed by atoms with van der Waals surface area (Å²) in [6.07, 6.45) is 0.194. The van der Waals surface area contributed by atoms with Crippen molar-refractivity contribution >= 4 is 5.91 Å². The average Bonchev–Trinajstić information content (AvgIpc) is 3.23. The number of aromatic nitrogens is 1. The molecule has 0 atom stereocenters. The summed E-state index contributed by atoms with van der Waals surface area (Å²) >= 11 is 0. The Morgan fingerprint density at radius 1 is 1.17 bits per heavy atom.